The van der Waals surface area contributed by atoms with E-state index >= 15 is 0 Å². The first-order valence-corrected chi connectivity index (χ1v) is 9.89. The van der Waals surface area contributed by atoms with Crippen molar-refractivity contribution in [3.8, 4) is 0 Å². The quantitative estimate of drug-likeness (QED) is 0.819. The zero-order valence-electron chi connectivity index (χ0n) is 13.9. The van der Waals surface area contributed by atoms with E-state index in [2.05, 4.69) is 26.1 Å². The van der Waals surface area contributed by atoms with E-state index < -0.39 is 9.84 Å². The Hall–Kier alpha value is -0.0900. The fourth-order valence-electron chi connectivity index (χ4n) is 3.46. The van der Waals surface area contributed by atoms with Gasteiger partial charge in [0.15, 0.2) is 0 Å². The van der Waals surface area contributed by atoms with Crippen molar-refractivity contribution in [1.82, 2.24) is 5.32 Å². The van der Waals surface area contributed by atoms with Gasteiger partial charge in [-0.3, -0.25) is 0 Å². The Bertz CT molecular complexity index is 384. The van der Waals surface area contributed by atoms with Crippen LogP contribution in [0.2, 0.25) is 0 Å². The summed E-state index contributed by atoms with van der Waals surface area (Å²) in [5.41, 5.74) is 0.368. The van der Waals surface area contributed by atoms with Gasteiger partial charge in [0.2, 0.25) is 0 Å². The Morgan fingerprint density at radius 1 is 1.20 bits per heavy atom. The molecule has 0 spiro atoms. The second kappa shape index (κ2) is 7.26. The van der Waals surface area contributed by atoms with Crippen LogP contribution in [0.4, 0.5) is 0 Å². The van der Waals surface area contributed by atoms with E-state index in [0.29, 0.717) is 23.1 Å². The highest BCUT2D eigenvalue weighted by Gasteiger charge is 2.34. The van der Waals surface area contributed by atoms with Crippen molar-refractivity contribution in [3.05, 3.63) is 0 Å². The normalized spacial score (nSPS) is 28.6. The minimum atomic E-state index is -2.81. The first-order chi connectivity index (χ1) is 9.19. The summed E-state index contributed by atoms with van der Waals surface area (Å²) in [5.74, 6) is 2.03. The molecule has 1 aliphatic rings. The van der Waals surface area contributed by atoms with Crippen molar-refractivity contribution in [2.24, 2.45) is 17.3 Å². The molecule has 0 aromatic heterocycles. The molecule has 3 atom stereocenters. The summed E-state index contributed by atoms with van der Waals surface area (Å²) < 4.78 is 23.2. The van der Waals surface area contributed by atoms with Gasteiger partial charge < -0.3 is 5.32 Å². The van der Waals surface area contributed by atoms with Crippen molar-refractivity contribution in [1.29, 1.82) is 0 Å². The lowest BCUT2D eigenvalue weighted by Gasteiger charge is -2.42. The number of rotatable bonds is 6. The Kier molecular flexibility index (Phi) is 6.52. The van der Waals surface area contributed by atoms with Crippen LogP contribution in [0.3, 0.4) is 0 Å². The highest BCUT2D eigenvalue weighted by Crippen LogP contribution is 2.41. The van der Waals surface area contributed by atoms with E-state index in [-0.39, 0.29) is 5.75 Å². The van der Waals surface area contributed by atoms with Gasteiger partial charge in [-0.1, -0.05) is 27.7 Å². The van der Waals surface area contributed by atoms with Gasteiger partial charge in [0, 0.05) is 11.8 Å². The SMILES string of the molecule is CCS(=O)(=O)CCCC1CC(C(C)(C)C)CCC1NC. The third-order valence-corrected chi connectivity index (χ3v) is 6.84. The third kappa shape index (κ3) is 5.36. The van der Waals surface area contributed by atoms with Gasteiger partial charge in [0.25, 0.3) is 0 Å². The fraction of sp³-hybridized carbons (Fsp3) is 1.00. The summed E-state index contributed by atoms with van der Waals surface area (Å²) in [6, 6.07) is 0.568. The molecule has 1 N–H and O–H groups in total. The van der Waals surface area contributed by atoms with Crippen LogP contribution in [0.15, 0.2) is 0 Å². The summed E-state index contributed by atoms with van der Waals surface area (Å²) in [7, 11) is -0.767. The van der Waals surface area contributed by atoms with Gasteiger partial charge in [-0.25, -0.2) is 8.42 Å². The molecule has 0 radical (unpaired) electrons. The van der Waals surface area contributed by atoms with Crippen molar-refractivity contribution >= 4 is 9.84 Å². The largest absolute Gasteiger partial charge is 0.317 e. The highest BCUT2D eigenvalue weighted by atomic mass is 32.2. The minimum absolute atomic E-state index is 0.276. The lowest BCUT2D eigenvalue weighted by atomic mass is 9.66. The molecule has 0 aromatic carbocycles. The Labute approximate surface area is 125 Å². The van der Waals surface area contributed by atoms with E-state index in [4.69, 9.17) is 0 Å². The first kappa shape index (κ1) is 18.0. The minimum Gasteiger partial charge on any atom is -0.317 e. The van der Waals surface area contributed by atoms with Gasteiger partial charge >= 0.3 is 0 Å². The van der Waals surface area contributed by atoms with E-state index in [9.17, 15) is 8.42 Å². The second-order valence-corrected chi connectivity index (χ2v) is 9.88. The van der Waals surface area contributed by atoms with Crippen LogP contribution in [0.25, 0.3) is 0 Å². The Morgan fingerprint density at radius 2 is 1.85 bits per heavy atom. The summed E-state index contributed by atoms with van der Waals surface area (Å²) in [6.07, 6.45) is 5.61. The Balaban J connectivity index is 2.55. The van der Waals surface area contributed by atoms with Crippen molar-refractivity contribution in [3.63, 3.8) is 0 Å². The maximum atomic E-state index is 11.6. The van der Waals surface area contributed by atoms with E-state index in [0.717, 1.165) is 18.8 Å². The number of hydrogen-bond donors (Lipinski definition) is 1. The van der Waals surface area contributed by atoms with Crippen LogP contribution in [-0.2, 0) is 9.84 Å². The van der Waals surface area contributed by atoms with Crippen molar-refractivity contribution < 1.29 is 8.42 Å². The predicted octanol–water partition coefficient (Wildman–Crippen LogP) is 3.25. The van der Waals surface area contributed by atoms with E-state index in [1.54, 1.807) is 6.92 Å². The maximum absolute atomic E-state index is 11.6. The van der Waals surface area contributed by atoms with Gasteiger partial charge in [-0.05, 0) is 56.4 Å². The molecule has 1 rings (SSSR count). The zero-order chi connectivity index (χ0) is 15.4. The van der Waals surface area contributed by atoms with Gasteiger partial charge in [0.1, 0.15) is 9.84 Å². The molecule has 0 aliphatic heterocycles. The molecular formula is C16H33NO2S. The van der Waals surface area contributed by atoms with Gasteiger partial charge in [-0.2, -0.15) is 0 Å². The van der Waals surface area contributed by atoms with Crippen LogP contribution in [0.5, 0.6) is 0 Å². The van der Waals surface area contributed by atoms with E-state index in [1.165, 1.54) is 19.3 Å². The van der Waals surface area contributed by atoms with Crippen LogP contribution in [0, 0.1) is 17.3 Å². The van der Waals surface area contributed by atoms with Crippen molar-refractivity contribution in [2.45, 2.75) is 65.8 Å². The zero-order valence-corrected chi connectivity index (χ0v) is 14.7. The predicted molar refractivity (Wildman–Crippen MR) is 86.7 cm³/mol. The van der Waals surface area contributed by atoms with Gasteiger partial charge in [0.05, 0.1) is 5.75 Å². The lowest BCUT2D eigenvalue weighted by Crippen LogP contribution is -2.41. The summed E-state index contributed by atoms with van der Waals surface area (Å²) >= 11 is 0. The van der Waals surface area contributed by atoms with Crippen LogP contribution >= 0.6 is 0 Å². The molecular weight excluding hydrogens is 270 g/mol. The molecule has 0 bridgehead atoms. The molecule has 3 nitrogen and oxygen atoms in total. The van der Waals surface area contributed by atoms with Crippen LogP contribution < -0.4 is 5.32 Å². The van der Waals surface area contributed by atoms with Crippen molar-refractivity contribution in [2.75, 3.05) is 18.6 Å². The molecule has 0 saturated heterocycles. The average Bonchev–Trinajstić information content (AvgIpc) is 2.37. The highest BCUT2D eigenvalue weighted by molar-refractivity contribution is 7.91. The molecule has 20 heavy (non-hydrogen) atoms. The molecule has 1 fully saturated rings. The standard InChI is InChI=1S/C16H33NO2S/c1-6-20(18,19)11-7-8-13-12-14(16(2,3)4)9-10-15(13)17-5/h13-15,17H,6-12H2,1-5H3. The number of hydrogen-bond acceptors (Lipinski definition) is 3. The lowest BCUT2D eigenvalue weighted by molar-refractivity contribution is 0.112. The molecule has 0 aromatic rings. The van der Waals surface area contributed by atoms with E-state index in [1.807, 2.05) is 7.05 Å². The second-order valence-electron chi connectivity index (χ2n) is 7.41. The summed E-state index contributed by atoms with van der Waals surface area (Å²) in [5, 5.41) is 3.44. The number of nitrogens with one attached hydrogen (secondary N) is 1. The first-order valence-electron chi connectivity index (χ1n) is 8.07. The maximum Gasteiger partial charge on any atom is 0.150 e. The fourth-order valence-corrected chi connectivity index (χ4v) is 4.35. The van der Waals surface area contributed by atoms with Gasteiger partial charge in [-0.15, -0.1) is 0 Å². The van der Waals surface area contributed by atoms with Crippen LogP contribution in [-0.4, -0.2) is 33.0 Å². The number of sulfone groups is 1. The molecule has 1 aliphatic carbocycles. The Morgan fingerprint density at radius 3 is 2.35 bits per heavy atom. The molecule has 3 unspecified atom stereocenters. The molecule has 0 heterocycles. The average molecular weight is 304 g/mol. The summed E-state index contributed by atoms with van der Waals surface area (Å²) in [4.78, 5) is 0. The van der Waals surface area contributed by atoms with Crippen LogP contribution in [0.1, 0.15) is 59.8 Å². The smallest absolute Gasteiger partial charge is 0.150 e. The summed E-state index contributed by atoms with van der Waals surface area (Å²) in [6.45, 7) is 8.73. The third-order valence-electron chi connectivity index (χ3n) is 5.05. The molecule has 120 valence electrons. The molecule has 1 saturated carbocycles. The molecule has 0 amide bonds. The molecule has 4 heteroatoms. The monoisotopic (exact) mass is 303 g/mol. The topological polar surface area (TPSA) is 46.2 Å².